The molecule has 136 valence electrons. The molecule has 10 heteroatoms. The van der Waals surface area contributed by atoms with E-state index in [4.69, 9.17) is 19.3 Å². The average Bonchev–Trinajstić information content (AvgIpc) is 2.54. The molecule has 2 aliphatic heterocycles. The van der Waals surface area contributed by atoms with Crippen molar-refractivity contribution in [3.63, 3.8) is 0 Å². The van der Waals surface area contributed by atoms with E-state index in [1.807, 2.05) is 0 Å². The smallest absolute Gasteiger partial charge is 0.186 e. The first-order valence-electron chi connectivity index (χ1n) is 7.39. The van der Waals surface area contributed by atoms with E-state index in [2.05, 4.69) is 0 Å². The SMILES string of the molecule is C[C@@H]1O[C@H](CO[C@@H]2O[C@H](CO)[C@H](O)[C@H](O)[C@H]2O)[C@H](O)[C@H](O)[C@H]1O. The summed E-state index contributed by atoms with van der Waals surface area (Å²) in [5, 5.41) is 67.4. The zero-order valence-electron chi connectivity index (χ0n) is 12.5. The van der Waals surface area contributed by atoms with Gasteiger partial charge >= 0.3 is 0 Å². The Labute approximate surface area is 132 Å². The van der Waals surface area contributed by atoms with E-state index < -0.39 is 67.8 Å². The lowest BCUT2D eigenvalue weighted by Gasteiger charge is -2.42. The molecule has 0 aromatic rings. The van der Waals surface area contributed by atoms with Crippen LogP contribution in [-0.4, -0.2) is 110 Å². The van der Waals surface area contributed by atoms with Gasteiger partial charge in [0, 0.05) is 0 Å². The molecule has 2 rings (SSSR count). The van der Waals surface area contributed by atoms with Crippen LogP contribution in [0.2, 0.25) is 0 Å². The topological polar surface area (TPSA) is 169 Å². The molecule has 0 aromatic carbocycles. The minimum Gasteiger partial charge on any atom is -0.394 e. The maximum absolute atomic E-state index is 9.87. The number of aliphatic hydroxyl groups is 7. The second kappa shape index (κ2) is 7.66. The Hall–Kier alpha value is -0.400. The van der Waals surface area contributed by atoms with Crippen molar-refractivity contribution in [2.75, 3.05) is 13.2 Å². The molecule has 0 bridgehead atoms. The molecular formula is C13H24O10. The summed E-state index contributed by atoms with van der Waals surface area (Å²) in [5.41, 5.74) is 0. The van der Waals surface area contributed by atoms with E-state index in [1.54, 1.807) is 0 Å². The van der Waals surface area contributed by atoms with Gasteiger partial charge in [0.2, 0.25) is 0 Å². The van der Waals surface area contributed by atoms with Crippen molar-refractivity contribution in [3.05, 3.63) is 0 Å². The first kappa shape index (κ1) is 18.9. The van der Waals surface area contributed by atoms with E-state index in [1.165, 1.54) is 6.92 Å². The molecule has 0 radical (unpaired) electrons. The number of aliphatic hydroxyl groups excluding tert-OH is 7. The number of rotatable bonds is 4. The van der Waals surface area contributed by atoms with Gasteiger partial charge in [-0.1, -0.05) is 0 Å². The second-order valence-corrected chi connectivity index (χ2v) is 5.88. The van der Waals surface area contributed by atoms with Gasteiger partial charge in [-0.2, -0.15) is 0 Å². The van der Waals surface area contributed by atoms with Crippen molar-refractivity contribution in [2.45, 2.75) is 68.1 Å². The van der Waals surface area contributed by atoms with Crippen LogP contribution in [0.4, 0.5) is 0 Å². The highest BCUT2D eigenvalue weighted by Gasteiger charge is 2.46. The summed E-state index contributed by atoms with van der Waals surface area (Å²) >= 11 is 0. The van der Waals surface area contributed by atoms with Crippen LogP contribution in [0.5, 0.6) is 0 Å². The monoisotopic (exact) mass is 340 g/mol. The molecule has 2 fully saturated rings. The zero-order valence-corrected chi connectivity index (χ0v) is 12.5. The van der Waals surface area contributed by atoms with Crippen LogP contribution >= 0.6 is 0 Å². The maximum Gasteiger partial charge on any atom is 0.186 e. The third kappa shape index (κ3) is 3.82. The molecule has 2 heterocycles. The standard InChI is InChI=1S/C13H24O10/c1-4-7(15)10(18)9(17)6(22-4)3-21-13-12(20)11(19)8(16)5(2-14)23-13/h4-20H,2-3H2,1H3/t4-,5+,6+,7-,8-,9-,10+,11-,12+,13+/m0/s1. The van der Waals surface area contributed by atoms with Crippen molar-refractivity contribution >= 4 is 0 Å². The van der Waals surface area contributed by atoms with E-state index in [0.29, 0.717) is 0 Å². The van der Waals surface area contributed by atoms with Crippen molar-refractivity contribution in [2.24, 2.45) is 0 Å². The normalized spacial score (nSPS) is 51.7. The molecule has 0 unspecified atom stereocenters. The van der Waals surface area contributed by atoms with Crippen LogP contribution in [0.3, 0.4) is 0 Å². The lowest BCUT2D eigenvalue weighted by molar-refractivity contribution is -0.313. The highest BCUT2D eigenvalue weighted by atomic mass is 16.7. The Bertz CT molecular complexity index is 380. The molecule has 0 spiro atoms. The van der Waals surface area contributed by atoms with E-state index in [0.717, 1.165) is 0 Å². The van der Waals surface area contributed by atoms with Crippen molar-refractivity contribution in [1.29, 1.82) is 0 Å². The Morgan fingerprint density at radius 1 is 0.739 bits per heavy atom. The van der Waals surface area contributed by atoms with Crippen LogP contribution in [0, 0.1) is 0 Å². The van der Waals surface area contributed by atoms with E-state index >= 15 is 0 Å². The first-order valence-corrected chi connectivity index (χ1v) is 7.39. The van der Waals surface area contributed by atoms with Crippen molar-refractivity contribution in [1.82, 2.24) is 0 Å². The summed E-state index contributed by atoms with van der Waals surface area (Å²) in [5.74, 6) is 0. The number of hydrogen-bond acceptors (Lipinski definition) is 10. The molecule has 2 saturated heterocycles. The van der Waals surface area contributed by atoms with Gasteiger partial charge in [-0.05, 0) is 6.92 Å². The van der Waals surface area contributed by atoms with Gasteiger partial charge < -0.3 is 50.0 Å². The summed E-state index contributed by atoms with van der Waals surface area (Å²) < 4.78 is 15.7. The predicted molar refractivity (Wildman–Crippen MR) is 72.1 cm³/mol. The van der Waals surface area contributed by atoms with Gasteiger partial charge in [0.25, 0.3) is 0 Å². The molecule has 10 atom stereocenters. The third-order valence-electron chi connectivity index (χ3n) is 4.22. The maximum atomic E-state index is 9.87. The van der Waals surface area contributed by atoms with Crippen LogP contribution in [-0.2, 0) is 14.2 Å². The molecule has 10 nitrogen and oxygen atoms in total. The van der Waals surface area contributed by atoms with Crippen LogP contribution in [0.25, 0.3) is 0 Å². The fourth-order valence-corrected chi connectivity index (χ4v) is 2.67. The van der Waals surface area contributed by atoms with Gasteiger partial charge in [-0.25, -0.2) is 0 Å². The lowest BCUT2D eigenvalue weighted by Crippen LogP contribution is -2.61. The van der Waals surface area contributed by atoms with E-state index in [9.17, 15) is 30.6 Å². The Balaban J connectivity index is 1.94. The van der Waals surface area contributed by atoms with Crippen LogP contribution < -0.4 is 0 Å². The van der Waals surface area contributed by atoms with Crippen LogP contribution in [0.15, 0.2) is 0 Å². The fourth-order valence-electron chi connectivity index (χ4n) is 2.67. The fraction of sp³-hybridized carbons (Fsp3) is 1.00. The zero-order chi connectivity index (χ0) is 17.3. The number of ether oxygens (including phenoxy) is 3. The molecule has 2 aliphatic rings. The minimum atomic E-state index is -1.57. The quantitative estimate of drug-likeness (QED) is 0.265. The van der Waals surface area contributed by atoms with Gasteiger partial charge in [-0.15, -0.1) is 0 Å². The molecular weight excluding hydrogens is 316 g/mol. The summed E-state index contributed by atoms with van der Waals surface area (Å²) in [7, 11) is 0. The molecule has 0 amide bonds. The summed E-state index contributed by atoms with van der Waals surface area (Å²) in [6, 6.07) is 0. The van der Waals surface area contributed by atoms with E-state index in [-0.39, 0.29) is 6.61 Å². The Morgan fingerprint density at radius 3 is 1.91 bits per heavy atom. The van der Waals surface area contributed by atoms with Crippen molar-refractivity contribution in [3.8, 4) is 0 Å². The largest absolute Gasteiger partial charge is 0.394 e. The van der Waals surface area contributed by atoms with Crippen LogP contribution in [0.1, 0.15) is 6.92 Å². The number of hydrogen-bond donors (Lipinski definition) is 7. The van der Waals surface area contributed by atoms with Gasteiger partial charge in [0.15, 0.2) is 6.29 Å². The minimum absolute atomic E-state index is 0.308. The van der Waals surface area contributed by atoms with Gasteiger partial charge in [-0.3, -0.25) is 0 Å². The predicted octanol–water partition coefficient (Wildman–Crippen LogP) is -4.33. The molecule has 23 heavy (non-hydrogen) atoms. The summed E-state index contributed by atoms with van der Waals surface area (Å²) in [6.07, 6.45) is -12.9. The summed E-state index contributed by atoms with van der Waals surface area (Å²) in [4.78, 5) is 0. The lowest BCUT2D eigenvalue weighted by atomic mass is 9.96. The van der Waals surface area contributed by atoms with Gasteiger partial charge in [0.05, 0.1) is 19.3 Å². The molecule has 7 N–H and O–H groups in total. The molecule has 0 aliphatic carbocycles. The Kier molecular flexibility index (Phi) is 6.30. The average molecular weight is 340 g/mol. The summed E-state index contributed by atoms with van der Waals surface area (Å²) in [6.45, 7) is 0.619. The third-order valence-corrected chi connectivity index (χ3v) is 4.22. The first-order chi connectivity index (χ1) is 10.8. The van der Waals surface area contributed by atoms with Gasteiger partial charge in [0.1, 0.15) is 48.8 Å². The molecule has 0 saturated carbocycles. The Morgan fingerprint density at radius 2 is 1.30 bits per heavy atom. The second-order valence-electron chi connectivity index (χ2n) is 5.88. The highest BCUT2D eigenvalue weighted by molar-refractivity contribution is 4.92. The molecule has 0 aromatic heterocycles. The highest BCUT2D eigenvalue weighted by Crippen LogP contribution is 2.25. The van der Waals surface area contributed by atoms with Crippen molar-refractivity contribution < 1.29 is 50.0 Å².